The van der Waals surface area contributed by atoms with Gasteiger partial charge in [0, 0.05) is 32.5 Å². The maximum Gasteiger partial charge on any atom is 0.233 e. The van der Waals surface area contributed by atoms with Crippen LogP contribution < -0.4 is 16.6 Å². The first-order valence-corrected chi connectivity index (χ1v) is 6.60. The zero-order valence-corrected chi connectivity index (χ0v) is 11.1. The summed E-state index contributed by atoms with van der Waals surface area (Å²) in [6, 6.07) is 0.335. The highest BCUT2D eigenvalue weighted by atomic mass is 16.2. The number of unbranched alkanes of at least 4 members (excludes halogenated alkanes) is 1. The molecule has 0 aliphatic carbocycles. The molecule has 2 amide bonds. The summed E-state index contributed by atoms with van der Waals surface area (Å²) in [5, 5.41) is 2.96. The molecular formula is C12H24N4O2. The van der Waals surface area contributed by atoms with Crippen molar-refractivity contribution in [3.63, 3.8) is 0 Å². The number of amides is 2. The molecule has 1 fully saturated rings. The number of piperidine rings is 1. The van der Waals surface area contributed by atoms with E-state index in [1.807, 2.05) is 0 Å². The monoisotopic (exact) mass is 256 g/mol. The van der Waals surface area contributed by atoms with Gasteiger partial charge in [-0.2, -0.15) is 0 Å². The number of nitrogens with two attached hydrogens (primary N) is 1. The first kappa shape index (κ1) is 14.9. The predicted octanol–water partition coefficient (Wildman–Crippen LogP) is -0.253. The molecule has 1 aliphatic heterocycles. The molecule has 0 bridgehead atoms. The van der Waals surface area contributed by atoms with Gasteiger partial charge in [-0.25, -0.2) is 5.84 Å². The largest absolute Gasteiger partial charge is 0.354 e. The molecule has 1 heterocycles. The Labute approximate surface area is 108 Å². The molecule has 104 valence electrons. The van der Waals surface area contributed by atoms with Gasteiger partial charge in [0.05, 0.1) is 0 Å². The van der Waals surface area contributed by atoms with Crippen molar-refractivity contribution in [1.82, 2.24) is 15.6 Å². The van der Waals surface area contributed by atoms with Crippen molar-refractivity contribution in [3.8, 4) is 0 Å². The van der Waals surface area contributed by atoms with Crippen LogP contribution in [0.4, 0.5) is 0 Å². The predicted molar refractivity (Wildman–Crippen MR) is 69.5 cm³/mol. The van der Waals surface area contributed by atoms with Crippen LogP contribution in [0, 0.1) is 0 Å². The van der Waals surface area contributed by atoms with Gasteiger partial charge in [-0.05, 0) is 32.2 Å². The third kappa shape index (κ3) is 5.97. The first-order chi connectivity index (χ1) is 8.61. The smallest absolute Gasteiger partial charge is 0.233 e. The molecule has 1 rings (SSSR count). The summed E-state index contributed by atoms with van der Waals surface area (Å²) in [7, 11) is 0. The highest BCUT2D eigenvalue weighted by molar-refractivity contribution is 5.75. The molecule has 0 aromatic rings. The molecule has 1 aliphatic rings. The number of rotatable bonds is 6. The van der Waals surface area contributed by atoms with E-state index in [2.05, 4.69) is 15.6 Å². The van der Waals surface area contributed by atoms with Crippen LogP contribution in [0.25, 0.3) is 0 Å². The van der Waals surface area contributed by atoms with Crippen molar-refractivity contribution in [2.75, 3.05) is 19.6 Å². The number of nitrogens with zero attached hydrogens (tertiary/aromatic N) is 1. The van der Waals surface area contributed by atoms with Gasteiger partial charge in [-0.1, -0.05) is 0 Å². The van der Waals surface area contributed by atoms with Crippen LogP contribution in [0.2, 0.25) is 0 Å². The Kier molecular flexibility index (Phi) is 6.67. The molecule has 6 nitrogen and oxygen atoms in total. The lowest BCUT2D eigenvalue weighted by molar-refractivity contribution is -0.121. The fourth-order valence-electron chi connectivity index (χ4n) is 2.28. The summed E-state index contributed by atoms with van der Waals surface area (Å²) in [6.45, 7) is 4.63. The highest BCUT2D eigenvalue weighted by Gasteiger charge is 2.18. The van der Waals surface area contributed by atoms with E-state index in [1.54, 1.807) is 6.92 Å². The van der Waals surface area contributed by atoms with Crippen molar-refractivity contribution >= 4 is 11.8 Å². The van der Waals surface area contributed by atoms with E-state index in [0.29, 0.717) is 12.5 Å². The second kappa shape index (κ2) is 8.05. The number of hydrogen-bond donors (Lipinski definition) is 3. The standard InChI is InChI=1S/C12H24N4O2/c1-10(17)14-11-5-8-16(9-6-11)7-3-2-4-12(18)15-13/h11H,2-9,13H2,1H3,(H,14,17)(H,15,18). The van der Waals surface area contributed by atoms with Crippen molar-refractivity contribution < 1.29 is 9.59 Å². The lowest BCUT2D eigenvalue weighted by atomic mass is 10.0. The fraction of sp³-hybridized carbons (Fsp3) is 0.833. The zero-order chi connectivity index (χ0) is 13.4. The van der Waals surface area contributed by atoms with Gasteiger partial charge >= 0.3 is 0 Å². The van der Waals surface area contributed by atoms with Crippen LogP contribution in [-0.4, -0.2) is 42.4 Å². The van der Waals surface area contributed by atoms with Gasteiger partial charge < -0.3 is 10.2 Å². The number of nitrogens with one attached hydrogen (secondary N) is 2. The second-order valence-electron chi connectivity index (χ2n) is 4.84. The van der Waals surface area contributed by atoms with Gasteiger partial charge in [-0.3, -0.25) is 15.0 Å². The number of likely N-dealkylation sites (tertiary alicyclic amines) is 1. The molecule has 0 spiro atoms. The quantitative estimate of drug-likeness (QED) is 0.265. The average Bonchev–Trinajstić information content (AvgIpc) is 2.35. The molecule has 0 aromatic carbocycles. The molecule has 18 heavy (non-hydrogen) atoms. The van der Waals surface area contributed by atoms with Gasteiger partial charge in [0.2, 0.25) is 11.8 Å². The minimum absolute atomic E-state index is 0.0567. The lowest BCUT2D eigenvalue weighted by Crippen LogP contribution is -2.44. The van der Waals surface area contributed by atoms with Crippen LogP contribution in [0.3, 0.4) is 0 Å². The van der Waals surface area contributed by atoms with E-state index in [-0.39, 0.29) is 11.8 Å². The highest BCUT2D eigenvalue weighted by Crippen LogP contribution is 2.11. The number of hydrogen-bond acceptors (Lipinski definition) is 4. The summed E-state index contributed by atoms with van der Waals surface area (Å²) in [5.74, 6) is 4.97. The van der Waals surface area contributed by atoms with Crippen LogP contribution in [0.5, 0.6) is 0 Å². The van der Waals surface area contributed by atoms with Crippen LogP contribution in [0.15, 0.2) is 0 Å². The van der Waals surface area contributed by atoms with Gasteiger partial charge in [-0.15, -0.1) is 0 Å². The maximum absolute atomic E-state index is 10.9. The molecule has 0 aromatic heterocycles. The van der Waals surface area contributed by atoms with Crippen molar-refractivity contribution in [2.45, 2.75) is 45.1 Å². The fourth-order valence-corrected chi connectivity index (χ4v) is 2.28. The maximum atomic E-state index is 10.9. The van der Waals surface area contributed by atoms with Crippen molar-refractivity contribution in [3.05, 3.63) is 0 Å². The van der Waals surface area contributed by atoms with Crippen molar-refractivity contribution in [1.29, 1.82) is 0 Å². The number of carbonyl (C=O) groups is 2. The zero-order valence-electron chi connectivity index (χ0n) is 11.1. The van der Waals surface area contributed by atoms with Crippen LogP contribution in [-0.2, 0) is 9.59 Å². The average molecular weight is 256 g/mol. The molecule has 1 saturated heterocycles. The third-order valence-electron chi connectivity index (χ3n) is 3.28. The van der Waals surface area contributed by atoms with Crippen LogP contribution in [0.1, 0.15) is 39.0 Å². The Hall–Kier alpha value is -1.14. The Morgan fingerprint density at radius 3 is 2.50 bits per heavy atom. The van der Waals surface area contributed by atoms with E-state index in [9.17, 15) is 9.59 Å². The Morgan fingerprint density at radius 2 is 1.94 bits per heavy atom. The van der Waals surface area contributed by atoms with Gasteiger partial charge in [0.25, 0.3) is 0 Å². The number of carbonyl (C=O) groups excluding carboxylic acids is 2. The summed E-state index contributed by atoms with van der Waals surface area (Å²) in [6.07, 6.45) is 4.41. The summed E-state index contributed by atoms with van der Waals surface area (Å²) in [5.41, 5.74) is 2.13. The van der Waals surface area contributed by atoms with E-state index in [4.69, 9.17) is 5.84 Å². The van der Waals surface area contributed by atoms with Crippen LogP contribution >= 0.6 is 0 Å². The minimum Gasteiger partial charge on any atom is -0.354 e. The molecular weight excluding hydrogens is 232 g/mol. The lowest BCUT2D eigenvalue weighted by Gasteiger charge is -2.32. The molecule has 0 atom stereocenters. The Bertz CT molecular complexity index is 275. The summed E-state index contributed by atoms with van der Waals surface area (Å²) in [4.78, 5) is 24.2. The van der Waals surface area contributed by atoms with Crippen molar-refractivity contribution in [2.24, 2.45) is 5.84 Å². The number of hydrazine groups is 1. The Balaban J connectivity index is 2.05. The Morgan fingerprint density at radius 1 is 1.28 bits per heavy atom. The minimum atomic E-state index is -0.0978. The topological polar surface area (TPSA) is 87.5 Å². The molecule has 0 unspecified atom stereocenters. The molecule has 4 N–H and O–H groups in total. The first-order valence-electron chi connectivity index (χ1n) is 6.60. The molecule has 6 heteroatoms. The van der Waals surface area contributed by atoms with Gasteiger partial charge in [0.1, 0.15) is 0 Å². The second-order valence-corrected chi connectivity index (χ2v) is 4.84. The summed E-state index contributed by atoms with van der Waals surface area (Å²) < 4.78 is 0. The normalized spacial score (nSPS) is 17.4. The van der Waals surface area contributed by atoms with Gasteiger partial charge in [0.15, 0.2) is 0 Å². The van der Waals surface area contributed by atoms with E-state index >= 15 is 0 Å². The summed E-state index contributed by atoms with van der Waals surface area (Å²) >= 11 is 0. The SMILES string of the molecule is CC(=O)NC1CCN(CCCCC(=O)NN)CC1. The van der Waals surface area contributed by atoms with E-state index in [0.717, 1.165) is 45.3 Å². The van der Waals surface area contributed by atoms with E-state index in [1.165, 1.54) is 0 Å². The molecule has 0 saturated carbocycles. The molecule has 0 radical (unpaired) electrons. The third-order valence-corrected chi connectivity index (χ3v) is 3.28. The van der Waals surface area contributed by atoms with E-state index < -0.39 is 0 Å².